The summed E-state index contributed by atoms with van der Waals surface area (Å²) in [4.78, 5) is 13.0. The maximum atomic E-state index is 12.8. The number of rotatable bonds is 4. The Hall–Kier alpha value is -1.14. The van der Waals surface area contributed by atoms with Crippen LogP contribution in [0.4, 0.5) is 5.69 Å². The number of anilines is 1. The largest absolute Gasteiger partial charge is 0.495 e. The lowest BCUT2D eigenvalue weighted by molar-refractivity contribution is -0.123. The summed E-state index contributed by atoms with van der Waals surface area (Å²) in [6, 6.07) is 5.47. The van der Waals surface area contributed by atoms with Crippen molar-refractivity contribution in [2.75, 3.05) is 12.4 Å². The summed E-state index contributed by atoms with van der Waals surface area (Å²) in [5.41, 5.74) is 5.78. The van der Waals surface area contributed by atoms with Crippen LogP contribution < -0.4 is 15.8 Å². The van der Waals surface area contributed by atoms with Crippen molar-refractivity contribution in [3.63, 3.8) is 0 Å². The number of methoxy groups -OCH3 is 1. The van der Waals surface area contributed by atoms with E-state index in [1.165, 1.54) is 0 Å². The molecule has 2 rings (SSSR count). The van der Waals surface area contributed by atoms with Crippen LogP contribution in [-0.4, -0.2) is 18.0 Å². The van der Waals surface area contributed by atoms with E-state index in [1.54, 1.807) is 13.2 Å². The van der Waals surface area contributed by atoms with E-state index >= 15 is 0 Å². The van der Waals surface area contributed by atoms with Crippen molar-refractivity contribution < 1.29 is 9.53 Å². The molecule has 1 aliphatic rings. The third-order valence-corrected chi connectivity index (χ3v) is 4.91. The molecule has 1 aliphatic carbocycles. The van der Waals surface area contributed by atoms with Gasteiger partial charge in [0, 0.05) is 4.47 Å². The van der Waals surface area contributed by atoms with Crippen molar-refractivity contribution in [3.8, 4) is 5.75 Å². The summed E-state index contributed by atoms with van der Waals surface area (Å²) in [7, 11) is 1.57. The molecule has 0 bridgehead atoms. The van der Waals surface area contributed by atoms with Gasteiger partial charge in [0.15, 0.2) is 0 Å². The van der Waals surface area contributed by atoms with Gasteiger partial charge in [0.25, 0.3) is 0 Å². The first-order valence-electron chi connectivity index (χ1n) is 6.94. The highest BCUT2D eigenvalue weighted by molar-refractivity contribution is 9.10. The van der Waals surface area contributed by atoms with E-state index in [1.807, 2.05) is 12.1 Å². The molecular weight excluding hydrogens is 352 g/mol. The topological polar surface area (TPSA) is 64.3 Å². The van der Waals surface area contributed by atoms with Gasteiger partial charge >= 0.3 is 0 Å². The van der Waals surface area contributed by atoms with Crippen molar-refractivity contribution >= 4 is 44.7 Å². The van der Waals surface area contributed by atoms with Crippen LogP contribution in [0.15, 0.2) is 22.7 Å². The van der Waals surface area contributed by atoms with Gasteiger partial charge in [0.05, 0.1) is 23.2 Å². The number of nitrogens with one attached hydrogen (secondary N) is 1. The number of carbonyl (C=O) groups excluding carboxylic acids is 1. The smallest absolute Gasteiger partial charge is 0.237 e. The van der Waals surface area contributed by atoms with Crippen LogP contribution in [-0.2, 0) is 4.79 Å². The summed E-state index contributed by atoms with van der Waals surface area (Å²) in [6.07, 6.45) is 4.49. The standard InChI is InChI=1S/C15H19BrN2O2S/c1-20-12-6-5-10(16)9-11(12)18-14(19)15(13(17)21)7-3-2-4-8-15/h5-6,9H,2-4,7-8H2,1H3,(H2,17,21)(H,18,19). The summed E-state index contributed by atoms with van der Waals surface area (Å²) in [5, 5.41) is 2.93. The second-order valence-electron chi connectivity index (χ2n) is 5.31. The fourth-order valence-corrected chi connectivity index (χ4v) is 3.42. The number of carbonyl (C=O) groups is 1. The van der Waals surface area contributed by atoms with Crippen LogP contribution >= 0.6 is 28.1 Å². The molecule has 1 amide bonds. The number of halogens is 1. The van der Waals surface area contributed by atoms with Crippen LogP contribution in [0.5, 0.6) is 5.75 Å². The number of hydrogen-bond donors (Lipinski definition) is 2. The third kappa shape index (κ3) is 3.37. The lowest BCUT2D eigenvalue weighted by Crippen LogP contribution is -2.47. The summed E-state index contributed by atoms with van der Waals surface area (Å²) >= 11 is 8.58. The van der Waals surface area contributed by atoms with Crippen LogP contribution in [0.2, 0.25) is 0 Å². The highest BCUT2D eigenvalue weighted by atomic mass is 79.9. The molecule has 0 aromatic heterocycles. The Morgan fingerprint density at radius 3 is 2.62 bits per heavy atom. The molecule has 0 heterocycles. The van der Waals surface area contributed by atoms with Crippen molar-refractivity contribution in [2.24, 2.45) is 11.1 Å². The molecule has 3 N–H and O–H groups in total. The number of hydrogen-bond acceptors (Lipinski definition) is 3. The van der Waals surface area contributed by atoms with Gasteiger partial charge in [-0.05, 0) is 31.0 Å². The summed E-state index contributed by atoms with van der Waals surface area (Å²) in [5.74, 6) is 0.478. The molecule has 114 valence electrons. The molecule has 4 nitrogen and oxygen atoms in total. The minimum atomic E-state index is -0.735. The highest BCUT2D eigenvalue weighted by Crippen LogP contribution is 2.39. The van der Waals surface area contributed by atoms with Gasteiger partial charge in [0.2, 0.25) is 5.91 Å². The van der Waals surface area contributed by atoms with E-state index in [-0.39, 0.29) is 10.9 Å². The summed E-state index contributed by atoms with van der Waals surface area (Å²) in [6.45, 7) is 0. The first kappa shape index (κ1) is 16.2. The molecule has 0 aliphatic heterocycles. The molecule has 1 saturated carbocycles. The predicted molar refractivity (Wildman–Crippen MR) is 91.6 cm³/mol. The van der Waals surface area contributed by atoms with Gasteiger partial charge in [0.1, 0.15) is 5.75 Å². The van der Waals surface area contributed by atoms with Crippen LogP contribution in [0.1, 0.15) is 32.1 Å². The van der Waals surface area contributed by atoms with E-state index in [4.69, 9.17) is 22.7 Å². The second-order valence-corrected chi connectivity index (χ2v) is 6.66. The molecule has 0 atom stereocenters. The molecule has 0 saturated heterocycles. The average molecular weight is 371 g/mol. The number of ether oxygens (including phenoxy) is 1. The third-order valence-electron chi connectivity index (χ3n) is 4.02. The van der Waals surface area contributed by atoms with Gasteiger partial charge in [-0.2, -0.15) is 0 Å². The number of benzene rings is 1. The van der Waals surface area contributed by atoms with E-state index in [9.17, 15) is 4.79 Å². The Morgan fingerprint density at radius 1 is 1.38 bits per heavy atom. The normalized spacial score (nSPS) is 17.0. The zero-order valence-corrected chi connectivity index (χ0v) is 14.4. The maximum absolute atomic E-state index is 12.8. The van der Waals surface area contributed by atoms with Crippen LogP contribution in [0.25, 0.3) is 0 Å². The van der Waals surface area contributed by atoms with Gasteiger partial charge in [-0.25, -0.2) is 0 Å². The molecule has 0 unspecified atom stereocenters. The molecule has 6 heteroatoms. The molecular formula is C15H19BrN2O2S. The predicted octanol–water partition coefficient (Wildman–Crippen LogP) is 3.63. The Morgan fingerprint density at radius 2 is 2.05 bits per heavy atom. The molecule has 0 radical (unpaired) electrons. The quantitative estimate of drug-likeness (QED) is 0.794. The lowest BCUT2D eigenvalue weighted by atomic mass is 9.73. The number of thiocarbonyl (C=S) groups is 1. The Bertz CT molecular complexity index is 557. The van der Waals surface area contributed by atoms with Crippen molar-refractivity contribution in [2.45, 2.75) is 32.1 Å². The van der Waals surface area contributed by atoms with E-state index in [0.29, 0.717) is 24.3 Å². The fraction of sp³-hybridized carbons (Fsp3) is 0.467. The van der Waals surface area contributed by atoms with E-state index in [2.05, 4.69) is 21.2 Å². The average Bonchev–Trinajstić information content (AvgIpc) is 2.48. The van der Waals surface area contributed by atoms with Crippen LogP contribution in [0.3, 0.4) is 0 Å². The zero-order chi connectivity index (χ0) is 15.5. The van der Waals surface area contributed by atoms with Crippen molar-refractivity contribution in [1.29, 1.82) is 0 Å². The maximum Gasteiger partial charge on any atom is 0.237 e. The van der Waals surface area contributed by atoms with Gasteiger partial charge in [-0.1, -0.05) is 47.4 Å². The number of amides is 1. The fourth-order valence-electron chi connectivity index (χ4n) is 2.76. The Kier molecular flexibility index (Phi) is 5.22. The van der Waals surface area contributed by atoms with Gasteiger partial charge in [-0.15, -0.1) is 0 Å². The molecule has 21 heavy (non-hydrogen) atoms. The number of nitrogens with two attached hydrogens (primary N) is 1. The lowest BCUT2D eigenvalue weighted by Gasteiger charge is -2.34. The molecule has 1 aromatic carbocycles. The monoisotopic (exact) mass is 370 g/mol. The Balaban J connectivity index is 2.27. The van der Waals surface area contributed by atoms with Crippen molar-refractivity contribution in [1.82, 2.24) is 0 Å². The molecule has 1 aromatic rings. The minimum Gasteiger partial charge on any atom is -0.495 e. The van der Waals surface area contributed by atoms with E-state index in [0.717, 1.165) is 23.7 Å². The second kappa shape index (κ2) is 6.75. The van der Waals surface area contributed by atoms with Gasteiger partial charge in [-0.3, -0.25) is 4.79 Å². The SMILES string of the molecule is COc1ccc(Br)cc1NC(=O)C1(C(N)=S)CCCCC1. The Labute approximate surface area is 138 Å². The van der Waals surface area contributed by atoms with Crippen LogP contribution in [0, 0.1) is 5.41 Å². The minimum absolute atomic E-state index is 0.133. The van der Waals surface area contributed by atoms with E-state index < -0.39 is 5.41 Å². The summed E-state index contributed by atoms with van der Waals surface area (Å²) < 4.78 is 6.15. The highest BCUT2D eigenvalue weighted by Gasteiger charge is 2.42. The molecule has 1 fully saturated rings. The molecule has 0 spiro atoms. The van der Waals surface area contributed by atoms with Crippen molar-refractivity contribution in [3.05, 3.63) is 22.7 Å². The van der Waals surface area contributed by atoms with Gasteiger partial charge < -0.3 is 15.8 Å². The zero-order valence-electron chi connectivity index (χ0n) is 11.9. The first-order chi connectivity index (χ1) is 9.99. The first-order valence-corrected chi connectivity index (χ1v) is 8.14.